The second-order valence-electron chi connectivity index (χ2n) is 5.41. The fraction of sp³-hybridized carbons (Fsp3) is 0.316. The summed E-state index contributed by atoms with van der Waals surface area (Å²) in [5, 5.41) is 0. The van der Waals surface area contributed by atoms with Crippen molar-refractivity contribution < 1.29 is 14.3 Å². The van der Waals surface area contributed by atoms with Gasteiger partial charge in [0.15, 0.2) is 0 Å². The summed E-state index contributed by atoms with van der Waals surface area (Å²) < 4.78 is 10.5. The molecule has 23 heavy (non-hydrogen) atoms. The summed E-state index contributed by atoms with van der Waals surface area (Å²) in [6.45, 7) is 0.547. The highest BCUT2D eigenvalue weighted by Crippen LogP contribution is 2.19. The average Bonchev–Trinajstić information content (AvgIpc) is 2.60. The molecule has 0 aliphatic heterocycles. The van der Waals surface area contributed by atoms with E-state index in [4.69, 9.17) is 9.47 Å². The molecule has 0 atom stereocenters. The second kappa shape index (κ2) is 8.22. The van der Waals surface area contributed by atoms with Gasteiger partial charge in [0.2, 0.25) is 5.91 Å². The zero-order chi connectivity index (χ0) is 16.7. The van der Waals surface area contributed by atoms with E-state index in [0.717, 1.165) is 29.0 Å². The fourth-order valence-corrected chi connectivity index (χ4v) is 2.41. The number of ether oxygens (including phenoxy) is 2. The van der Waals surface area contributed by atoms with Gasteiger partial charge in [-0.2, -0.15) is 0 Å². The van der Waals surface area contributed by atoms with Crippen molar-refractivity contribution in [2.75, 3.05) is 21.3 Å². The van der Waals surface area contributed by atoms with Crippen LogP contribution < -0.4 is 9.47 Å². The summed E-state index contributed by atoms with van der Waals surface area (Å²) >= 11 is 0. The maximum Gasteiger partial charge on any atom is 0.222 e. The molecule has 0 saturated heterocycles. The number of para-hydroxylation sites is 1. The Hall–Kier alpha value is -2.49. The monoisotopic (exact) mass is 313 g/mol. The molecule has 2 rings (SSSR count). The van der Waals surface area contributed by atoms with E-state index in [-0.39, 0.29) is 5.91 Å². The van der Waals surface area contributed by atoms with Crippen LogP contribution in [0.3, 0.4) is 0 Å². The smallest absolute Gasteiger partial charge is 0.222 e. The van der Waals surface area contributed by atoms with Gasteiger partial charge in [0.1, 0.15) is 11.5 Å². The number of carbonyl (C=O) groups excluding carboxylic acids is 1. The summed E-state index contributed by atoms with van der Waals surface area (Å²) in [5.41, 5.74) is 2.14. The predicted octanol–water partition coefficient (Wildman–Crippen LogP) is 3.30. The first-order valence-electron chi connectivity index (χ1n) is 7.63. The maximum absolute atomic E-state index is 12.3. The lowest BCUT2D eigenvalue weighted by Crippen LogP contribution is -2.26. The van der Waals surface area contributed by atoms with Gasteiger partial charge in [-0.25, -0.2) is 0 Å². The summed E-state index contributed by atoms with van der Waals surface area (Å²) in [7, 11) is 5.11. The lowest BCUT2D eigenvalue weighted by atomic mass is 10.1. The first-order chi connectivity index (χ1) is 11.1. The molecule has 0 radical (unpaired) electrons. The van der Waals surface area contributed by atoms with E-state index >= 15 is 0 Å². The lowest BCUT2D eigenvalue weighted by Gasteiger charge is -2.19. The third-order valence-corrected chi connectivity index (χ3v) is 3.81. The number of nitrogens with zero attached hydrogens (tertiary/aromatic N) is 1. The third-order valence-electron chi connectivity index (χ3n) is 3.81. The second-order valence-corrected chi connectivity index (χ2v) is 5.41. The largest absolute Gasteiger partial charge is 0.497 e. The summed E-state index contributed by atoms with van der Waals surface area (Å²) in [5.74, 6) is 1.75. The van der Waals surface area contributed by atoms with Crippen molar-refractivity contribution in [2.24, 2.45) is 0 Å². The first kappa shape index (κ1) is 16.9. The zero-order valence-electron chi connectivity index (χ0n) is 13.9. The van der Waals surface area contributed by atoms with Crippen molar-refractivity contribution in [3.63, 3.8) is 0 Å². The van der Waals surface area contributed by atoms with Gasteiger partial charge in [-0.1, -0.05) is 30.3 Å². The highest BCUT2D eigenvalue weighted by atomic mass is 16.5. The van der Waals surface area contributed by atoms with E-state index in [9.17, 15) is 4.79 Å². The molecule has 2 aromatic rings. The van der Waals surface area contributed by atoms with Crippen LogP contribution in [0, 0.1) is 0 Å². The van der Waals surface area contributed by atoms with Crippen molar-refractivity contribution in [3.8, 4) is 11.5 Å². The highest BCUT2D eigenvalue weighted by Gasteiger charge is 2.12. The van der Waals surface area contributed by atoms with Crippen LogP contribution in [0.25, 0.3) is 0 Å². The summed E-state index contributed by atoms with van der Waals surface area (Å²) in [6.07, 6.45) is 1.21. The number of benzene rings is 2. The van der Waals surface area contributed by atoms with Gasteiger partial charge >= 0.3 is 0 Å². The molecule has 122 valence electrons. The van der Waals surface area contributed by atoms with Crippen molar-refractivity contribution in [1.29, 1.82) is 0 Å². The van der Waals surface area contributed by atoms with Crippen LogP contribution in [0.4, 0.5) is 0 Å². The Morgan fingerprint density at radius 3 is 2.35 bits per heavy atom. The van der Waals surface area contributed by atoms with Crippen molar-refractivity contribution in [3.05, 3.63) is 59.7 Å². The molecule has 0 saturated carbocycles. The van der Waals surface area contributed by atoms with Gasteiger partial charge in [0.25, 0.3) is 0 Å². The molecule has 0 bridgehead atoms. The van der Waals surface area contributed by atoms with Gasteiger partial charge < -0.3 is 14.4 Å². The average molecular weight is 313 g/mol. The Morgan fingerprint density at radius 2 is 1.70 bits per heavy atom. The zero-order valence-corrected chi connectivity index (χ0v) is 13.9. The van der Waals surface area contributed by atoms with Crippen LogP contribution in [0.2, 0.25) is 0 Å². The first-order valence-corrected chi connectivity index (χ1v) is 7.63. The van der Waals surface area contributed by atoms with E-state index < -0.39 is 0 Å². The van der Waals surface area contributed by atoms with E-state index in [1.54, 1.807) is 19.1 Å². The number of aryl methyl sites for hydroxylation is 1. The van der Waals surface area contributed by atoms with Gasteiger partial charge in [-0.15, -0.1) is 0 Å². The molecule has 0 aliphatic carbocycles. The van der Waals surface area contributed by atoms with Gasteiger partial charge in [0.05, 0.1) is 14.2 Å². The lowest BCUT2D eigenvalue weighted by molar-refractivity contribution is -0.130. The molecular weight excluding hydrogens is 290 g/mol. The van der Waals surface area contributed by atoms with Crippen molar-refractivity contribution in [1.82, 2.24) is 4.90 Å². The third kappa shape index (κ3) is 4.74. The quantitative estimate of drug-likeness (QED) is 0.787. The van der Waals surface area contributed by atoms with Gasteiger partial charge in [-0.3, -0.25) is 4.79 Å². The highest BCUT2D eigenvalue weighted by molar-refractivity contribution is 5.76. The number of amides is 1. The molecule has 4 nitrogen and oxygen atoms in total. The maximum atomic E-state index is 12.3. The Bertz CT molecular complexity index is 637. The van der Waals surface area contributed by atoms with Crippen LogP contribution in [-0.2, 0) is 17.8 Å². The minimum atomic E-state index is 0.117. The molecule has 2 aromatic carbocycles. The normalized spacial score (nSPS) is 10.2. The Balaban J connectivity index is 1.89. The molecular formula is C19H23NO3. The molecule has 0 heterocycles. The SMILES string of the molecule is COc1ccc(CCC(=O)N(C)Cc2ccccc2OC)cc1. The Morgan fingerprint density at radius 1 is 1.00 bits per heavy atom. The molecule has 0 aromatic heterocycles. The van der Waals surface area contributed by atoms with E-state index in [2.05, 4.69) is 0 Å². The van der Waals surface area contributed by atoms with Crippen LogP contribution in [0.1, 0.15) is 17.5 Å². The molecule has 0 N–H and O–H groups in total. The van der Waals surface area contributed by atoms with Gasteiger partial charge in [0, 0.05) is 25.6 Å². The Kier molecular flexibility index (Phi) is 6.03. The van der Waals surface area contributed by atoms with E-state index in [1.807, 2.05) is 55.6 Å². The molecule has 0 unspecified atom stereocenters. The molecule has 4 heteroatoms. The summed E-state index contributed by atoms with van der Waals surface area (Å²) in [4.78, 5) is 14.0. The van der Waals surface area contributed by atoms with Crippen molar-refractivity contribution >= 4 is 5.91 Å². The predicted molar refractivity (Wildman–Crippen MR) is 90.8 cm³/mol. The molecule has 1 amide bonds. The summed E-state index contributed by atoms with van der Waals surface area (Å²) in [6, 6.07) is 15.6. The van der Waals surface area contributed by atoms with Crippen LogP contribution in [0.5, 0.6) is 11.5 Å². The standard InChI is InChI=1S/C19H23NO3/c1-20(14-16-6-4-5-7-18(16)23-3)19(21)13-10-15-8-11-17(22-2)12-9-15/h4-9,11-12H,10,13-14H2,1-3H3. The number of hydrogen-bond donors (Lipinski definition) is 0. The molecule has 0 fully saturated rings. The minimum absolute atomic E-state index is 0.117. The number of rotatable bonds is 7. The van der Waals surface area contributed by atoms with Crippen LogP contribution in [0.15, 0.2) is 48.5 Å². The fourth-order valence-electron chi connectivity index (χ4n) is 2.41. The minimum Gasteiger partial charge on any atom is -0.497 e. The molecule has 0 spiro atoms. The molecule has 0 aliphatic rings. The number of carbonyl (C=O) groups is 1. The van der Waals surface area contributed by atoms with E-state index in [1.165, 1.54) is 0 Å². The van der Waals surface area contributed by atoms with Crippen LogP contribution in [-0.4, -0.2) is 32.1 Å². The van der Waals surface area contributed by atoms with Gasteiger partial charge in [-0.05, 0) is 30.2 Å². The Labute approximate surface area is 137 Å². The number of hydrogen-bond acceptors (Lipinski definition) is 3. The van der Waals surface area contributed by atoms with Crippen molar-refractivity contribution in [2.45, 2.75) is 19.4 Å². The van der Waals surface area contributed by atoms with E-state index in [0.29, 0.717) is 13.0 Å². The van der Waals surface area contributed by atoms with Crippen LogP contribution >= 0.6 is 0 Å². The topological polar surface area (TPSA) is 38.8 Å². The number of methoxy groups -OCH3 is 2.